The second-order valence-electron chi connectivity index (χ2n) is 7.05. The number of aryl methyl sites for hydroxylation is 1. The van der Waals surface area contributed by atoms with Crippen molar-refractivity contribution in [2.45, 2.75) is 104 Å². The van der Waals surface area contributed by atoms with Crippen LogP contribution in [0.15, 0.2) is 11.0 Å². The molecular formula is C20H37N3OS. The van der Waals surface area contributed by atoms with Crippen molar-refractivity contribution in [2.75, 3.05) is 5.73 Å². The summed E-state index contributed by atoms with van der Waals surface area (Å²) in [6, 6.07) is 0. The molecule has 4 nitrogen and oxygen atoms in total. The summed E-state index contributed by atoms with van der Waals surface area (Å²) in [4.78, 5) is 12.3. The number of hydrogen-bond donors (Lipinski definition) is 1. The van der Waals surface area contributed by atoms with Crippen molar-refractivity contribution in [3.63, 3.8) is 0 Å². The van der Waals surface area contributed by atoms with Gasteiger partial charge in [0.25, 0.3) is 5.56 Å². The molecule has 25 heavy (non-hydrogen) atoms. The fourth-order valence-electron chi connectivity index (χ4n) is 3.15. The number of nitrogens with two attached hydrogens (primary N) is 1. The largest absolute Gasteiger partial charge is 0.393 e. The van der Waals surface area contributed by atoms with Gasteiger partial charge >= 0.3 is 0 Å². The fraction of sp³-hybridized carbons (Fsp3) is 0.800. The van der Waals surface area contributed by atoms with Gasteiger partial charge in [0.05, 0.1) is 0 Å². The molecule has 0 saturated carbocycles. The van der Waals surface area contributed by atoms with E-state index in [1.807, 2.05) is 4.57 Å². The van der Waals surface area contributed by atoms with Gasteiger partial charge < -0.3 is 10.3 Å². The van der Waals surface area contributed by atoms with Crippen LogP contribution < -0.4 is 11.3 Å². The maximum absolute atomic E-state index is 12.3. The zero-order valence-corrected chi connectivity index (χ0v) is 17.1. The molecule has 0 aliphatic rings. The number of rotatable bonds is 14. The molecule has 0 bridgehead atoms. The van der Waals surface area contributed by atoms with Crippen LogP contribution in [0, 0.1) is 4.77 Å². The third kappa shape index (κ3) is 8.21. The SMILES string of the molecule is CCCCCCCCn1cc(N)c(=O)n(CCCCCCCC)c1=S. The minimum atomic E-state index is -0.127. The van der Waals surface area contributed by atoms with Crippen LogP contribution in [0.3, 0.4) is 0 Å². The number of nitrogens with zero attached hydrogens (tertiary/aromatic N) is 2. The molecule has 5 heteroatoms. The normalized spacial score (nSPS) is 11.1. The topological polar surface area (TPSA) is 52.9 Å². The molecule has 2 N–H and O–H groups in total. The second-order valence-corrected chi connectivity index (χ2v) is 7.42. The van der Waals surface area contributed by atoms with E-state index in [0.29, 0.717) is 17.0 Å². The molecule has 0 spiro atoms. The second kappa shape index (κ2) is 13.2. The average Bonchev–Trinajstić information content (AvgIpc) is 2.60. The Hall–Kier alpha value is -1.10. The molecular weight excluding hydrogens is 330 g/mol. The Morgan fingerprint density at radius 2 is 1.32 bits per heavy atom. The van der Waals surface area contributed by atoms with Crippen molar-refractivity contribution < 1.29 is 0 Å². The van der Waals surface area contributed by atoms with Gasteiger partial charge in [0, 0.05) is 19.3 Å². The van der Waals surface area contributed by atoms with Gasteiger partial charge in [0.2, 0.25) is 0 Å². The van der Waals surface area contributed by atoms with Gasteiger partial charge in [-0.15, -0.1) is 0 Å². The maximum atomic E-state index is 12.3. The fourth-order valence-corrected chi connectivity index (χ4v) is 3.46. The molecule has 0 fully saturated rings. The van der Waals surface area contributed by atoms with Crippen molar-refractivity contribution in [1.29, 1.82) is 0 Å². The Balaban J connectivity index is 2.55. The highest BCUT2D eigenvalue weighted by Gasteiger charge is 2.06. The predicted molar refractivity (Wildman–Crippen MR) is 111 cm³/mol. The number of unbranched alkanes of at least 4 members (excludes halogenated alkanes) is 10. The summed E-state index contributed by atoms with van der Waals surface area (Å²) in [5.41, 5.74) is 6.11. The average molecular weight is 368 g/mol. The summed E-state index contributed by atoms with van der Waals surface area (Å²) in [5, 5.41) is 0. The van der Waals surface area contributed by atoms with Gasteiger partial charge in [0.1, 0.15) is 5.69 Å². The summed E-state index contributed by atoms with van der Waals surface area (Å²) < 4.78 is 4.31. The summed E-state index contributed by atoms with van der Waals surface area (Å²) in [5.74, 6) is 0. The van der Waals surface area contributed by atoms with Crippen LogP contribution in [-0.4, -0.2) is 9.13 Å². The van der Waals surface area contributed by atoms with E-state index in [0.717, 1.165) is 25.8 Å². The van der Waals surface area contributed by atoms with E-state index in [4.69, 9.17) is 18.0 Å². The summed E-state index contributed by atoms with van der Waals surface area (Å²) in [7, 11) is 0. The molecule has 0 aromatic carbocycles. The lowest BCUT2D eigenvalue weighted by molar-refractivity contribution is 0.503. The first kappa shape index (κ1) is 21.9. The molecule has 1 rings (SSSR count). The Bertz CT molecular complexity index is 592. The quantitative estimate of drug-likeness (QED) is 0.340. The molecule has 0 amide bonds. The Kier molecular flexibility index (Phi) is 11.5. The van der Waals surface area contributed by atoms with Crippen molar-refractivity contribution >= 4 is 17.9 Å². The Morgan fingerprint density at radius 3 is 1.88 bits per heavy atom. The lowest BCUT2D eigenvalue weighted by Crippen LogP contribution is -2.27. The van der Waals surface area contributed by atoms with Gasteiger partial charge in [-0.3, -0.25) is 9.36 Å². The first-order valence-corrected chi connectivity index (χ1v) is 10.6. The van der Waals surface area contributed by atoms with Crippen LogP contribution in [-0.2, 0) is 13.1 Å². The number of nitrogen functional groups attached to an aromatic ring is 1. The van der Waals surface area contributed by atoms with Crippen LogP contribution >= 0.6 is 12.2 Å². The van der Waals surface area contributed by atoms with Crippen molar-refractivity contribution in [3.05, 3.63) is 21.3 Å². The van der Waals surface area contributed by atoms with Crippen molar-refractivity contribution in [1.82, 2.24) is 9.13 Å². The highest BCUT2D eigenvalue weighted by Crippen LogP contribution is 2.09. The van der Waals surface area contributed by atoms with Crippen LogP contribution in [0.25, 0.3) is 0 Å². The van der Waals surface area contributed by atoms with Crippen molar-refractivity contribution in [3.8, 4) is 0 Å². The Morgan fingerprint density at radius 1 is 0.840 bits per heavy atom. The molecule has 0 atom stereocenters. The monoisotopic (exact) mass is 367 g/mol. The van der Waals surface area contributed by atoms with Crippen molar-refractivity contribution in [2.24, 2.45) is 0 Å². The van der Waals surface area contributed by atoms with E-state index in [1.54, 1.807) is 10.8 Å². The summed E-state index contributed by atoms with van der Waals surface area (Å²) >= 11 is 5.55. The predicted octanol–water partition coefficient (Wildman–Crippen LogP) is 5.68. The molecule has 1 aromatic rings. The van der Waals surface area contributed by atoms with Gasteiger partial charge in [0.15, 0.2) is 4.77 Å². The standard InChI is InChI=1S/C20H37N3OS/c1-3-5-7-9-11-13-15-22-17-18(21)19(24)23(20(22)25)16-14-12-10-8-6-4-2/h17H,3-16,21H2,1-2H3. The molecule has 0 aliphatic heterocycles. The molecule has 1 heterocycles. The van der Waals surface area contributed by atoms with Crippen LogP contribution in [0.2, 0.25) is 0 Å². The number of aromatic nitrogens is 2. The molecule has 0 radical (unpaired) electrons. The molecule has 144 valence electrons. The van der Waals surface area contributed by atoms with E-state index in [2.05, 4.69) is 13.8 Å². The highest BCUT2D eigenvalue weighted by atomic mass is 32.1. The zero-order valence-electron chi connectivity index (χ0n) is 16.3. The third-order valence-corrected chi connectivity index (χ3v) is 5.21. The molecule has 0 aliphatic carbocycles. The van der Waals surface area contributed by atoms with E-state index < -0.39 is 0 Å². The first-order valence-electron chi connectivity index (χ1n) is 10.2. The lowest BCUT2D eigenvalue weighted by Gasteiger charge is -2.13. The molecule has 0 saturated heterocycles. The molecule has 0 unspecified atom stereocenters. The highest BCUT2D eigenvalue weighted by molar-refractivity contribution is 7.71. The Labute approximate surface area is 158 Å². The summed E-state index contributed by atoms with van der Waals surface area (Å²) in [6.07, 6.45) is 16.4. The van der Waals surface area contributed by atoms with Crippen LogP contribution in [0.4, 0.5) is 5.69 Å². The van der Waals surface area contributed by atoms with Gasteiger partial charge in [-0.2, -0.15) is 0 Å². The first-order chi connectivity index (χ1) is 12.1. The minimum absolute atomic E-state index is 0.127. The van der Waals surface area contributed by atoms with Gasteiger partial charge in [-0.25, -0.2) is 0 Å². The van der Waals surface area contributed by atoms with Crippen LogP contribution in [0.5, 0.6) is 0 Å². The smallest absolute Gasteiger partial charge is 0.277 e. The van der Waals surface area contributed by atoms with E-state index in [9.17, 15) is 4.79 Å². The van der Waals surface area contributed by atoms with Crippen LogP contribution in [0.1, 0.15) is 90.9 Å². The van der Waals surface area contributed by atoms with E-state index in [1.165, 1.54) is 57.8 Å². The number of anilines is 1. The molecule has 1 aromatic heterocycles. The lowest BCUT2D eigenvalue weighted by atomic mass is 10.1. The maximum Gasteiger partial charge on any atom is 0.277 e. The third-order valence-electron chi connectivity index (χ3n) is 4.75. The van der Waals surface area contributed by atoms with Gasteiger partial charge in [-0.1, -0.05) is 78.1 Å². The van der Waals surface area contributed by atoms with E-state index in [-0.39, 0.29) is 5.56 Å². The van der Waals surface area contributed by atoms with E-state index >= 15 is 0 Å². The van der Waals surface area contributed by atoms with Gasteiger partial charge in [-0.05, 0) is 25.1 Å². The minimum Gasteiger partial charge on any atom is -0.393 e. The zero-order chi connectivity index (χ0) is 18.5. The summed E-state index contributed by atoms with van der Waals surface area (Å²) in [6.45, 7) is 5.99. The number of hydrogen-bond acceptors (Lipinski definition) is 3.